The van der Waals surface area contributed by atoms with Crippen LogP contribution in [0.3, 0.4) is 0 Å². The van der Waals surface area contributed by atoms with E-state index in [-0.39, 0.29) is 11.7 Å². The molecule has 1 saturated carbocycles. The molecule has 118 valence electrons. The fraction of sp³-hybridized carbons (Fsp3) is 1.00. The molecule has 1 aliphatic heterocycles. The molecule has 0 spiro atoms. The van der Waals surface area contributed by atoms with Crippen LogP contribution in [0.15, 0.2) is 0 Å². The van der Waals surface area contributed by atoms with E-state index < -0.39 is 0 Å². The van der Waals surface area contributed by atoms with Gasteiger partial charge in [0.15, 0.2) is 0 Å². The molecule has 0 aromatic carbocycles. The Bertz CT molecular complexity index is 285. The fourth-order valence-electron chi connectivity index (χ4n) is 3.70. The minimum atomic E-state index is -0.329. The predicted octanol–water partition coefficient (Wildman–Crippen LogP) is 3.68. The Morgan fingerprint density at radius 2 is 1.95 bits per heavy atom. The molecule has 1 heterocycles. The van der Waals surface area contributed by atoms with E-state index in [4.69, 9.17) is 9.47 Å². The first-order valence-corrected chi connectivity index (χ1v) is 8.32. The number of hydrogen-bond acceptors (Lipinski definition) is 3. The van der Waals surface area contributed by atoms with Crippen LogP contribution in [0.2, 0.25) is 0 Å². The molecule has 0 radical (unpaired) electrons. The van der Waals surface area contributed by atoms with Crippen molar-refractivity contribution in [2.24, 2.45) is 5.41 Å². The van der Waals surface area contributed by atoms with E-state index >= 15 is 0 Å². The average Bonchev–Trinajstić information content (AvgIpc) is 2.92. The van der Waals surface area contributed by atoms with Crippen molar-refractivity contribution in [1.82, 2.24) is 0 Å². The number of ether oxygens (including phenoxy) is 2. The summed E-state index contributed by atoms with van der Waals surface area (Å²) in [5.74, 6) is 0. The SMILES string of the molecule is COC1(C(O)CCCC2CCCO2)CCC(C)(C)CC1. The molecule has 1 N–H and O–H groups in total. The summed E-state index contributed by atoms with van der Waals surface area (Å²) in [4.78, 5) is 0. The lowest BCUT2D eigenvalue weighted by Crippen LogP contribution is -2.48. The smallest absolute Gasteiger partial charge is 0.0936 e. The lowest BCUT2D eigenvalue weighted by atomic mass is 9.68. The zero-order valence-corrected chi connectivity index (χ0v) is 13.5. The number of methoxy groups -OCH3 is 1. The van der Waals surface area contributed by atoms with Crippen molar-refractivity contribution < 1.29 is 14.6 Å². The lowest BCUT2D eigenvalue weighted by molar-refractivity contribution is -0.138. The highest BCUT2D eigenvalue weighted by molar-refractivity contribution is 4.95. The van der Waals surface area contributed by atoms with Gasteiger partial charge in [0.05, 0.1) is 17.8 Å². The quantitative estimate of drug-likeness (QED) is 0.808. The number of rotatable bonds is 6. The molecule has 2 unspecified atom stereocenters. The van der Waals surface area contributed by atoms with Gasteiger partial charge < -0.3 is 14.6 Å². The van der Waals surface area contributed by atoms with Crippen molar-refractivity contribution >= 4 is 0 Å². The highest BCUT2D eigenvalue weighted by atomic mass is 16.5. The molecule has 2 atom stereocenters. The van der Waals surface area contributed by atoms with Crippen molar-refractivity contribution in [2.45, 2.75) is 89.4 Å². The molecule has 0 bridgehead atoms. The summed E-state index contributed by atoms with van der Waals surface area (Å²) in [5, 5.41) is 10.6. The maximum absolute atomic E-state index is 10.6. The van der Waals surface area contributed by atoms with Crippen LogP contribution in [0.25, 0.3) is 0 Å². The van der Waals surface area contributed by atoms with Crippen LogP contribution in [0.4, 0.5) is 0 Å². The molecular formula is C17H32O3. The third-order valence-corrected chi connectivity index (χ3v) is 5.49. The van der Waals surface area contributed by atoms with Crippen LogP contribution in [0.5, 0.6) is 0 Å². The van der Waals surface area contributed by atoms with Crippen molar-refractivity contribution in [3.05, 3.63) is 0 Å². The zero-order valence-electron chi connectivity index (χ0n) is 13.5. The summed E-state index contributed by atoms with van der Waals surface area (Å²) in [6, 6.07) is 0. The minimum absolute atomic E-state index is 0.300. The second-order valence-corrected chi connectivity index (χ2v) is 7.51. The van der Waals surface area contributed by atoms with Gasteiger partial charge in [-0.1, -0.05) is 13.8 Å². The summed E-state index contributed by atoms with van der Waals surface area (Å²) in [6.07, 6.45) is 9.72. The van der Waals surface area contributed by atoms with Gasteiger partial charge in [-0.2, -0.15) is 0 Å². The molecule has 2 fully saturated rings. The second kappa shape index (κ2) is 6.76. The number of aliphatic hydroxyl groups excluding tert-OH is 1. The Kier molecular flexibility index (Phi) is 5.49. The summed E-state index contributed by atoms with van der Waals surface area (Å²) in [7, 11) is 1.77. The van der Waals surface area contributed by atoms with Gasteiger partial charge in [0.25, 0.3) is 0 Å². The standard InChI is InChI=1S/C17H32O3/c1-16(2)9-11-17(19-3,12-10-16)15(18)8-4-6-14-7-5-13-20-14/h14-15,18H,4-13H2,1-3H3. The van der Waals surface area contributed by atoms with E-state index in [1.54, 1.807) is 7.11 Å². The molecule has 2 rings (SSSR count). The molecular weight excluding hydrogens is 252 g/mol. The normalized spacial score (nSPS) is 30.3. The Hall–Kier alpha value is -0.120. The van der Waals surface area contributed by atoms with Gasteiger partial charge in [0.2, 0.25) is 0 Å². The summed E-state index contributed by atoms with van der Waals surface area (Å²) in [6.45, 7) is 5.55. The highest BCUT2D eigenvalue weighted by Gasteiger charge is 2.43. The topological polar surface area (TPSA) is 38.7 Å². The highest BCUT2D eigenvalue weighted by Crippen LogP contribution is 2.44. The van der Waals surface area contributed by atoms with Gasteiger partial charge >= 0.3 is 0 Å². The first-order valence-electron chi connectivity index (χ1n) is 8.32. The first kappa shape index (κ1) is 16.3. The fourth-order valence-corrected chi connectivity index (χ4v) is 3.70. The monoisotopic (exact) mass is 284 g/mol. The maximum Gasteiger partial charge on any atom is 0.0936 e. The maximum atomic E-state index is 10.6. The predicted molar refractivity (Wildman–Crippen MR) is 80.8 cm³/mol. The summed E-state index contributed by atoms with van der Waals surface area (Å²) in [5.41, 5.74) is 0.103. The van der Waals surface area contributed by atoms with Crippen molar-refractivity contribution in [3.63, 3.8) is 0 Å². The minimum Gasteiger partial charge on any atom is -0.390 e. The Labute approximate surface area is 124 Å². The van der Waals surface area contributed by atoms with E-state index in [2.05, 4.69) is 13.8 Å². The van der Waals surface area contributed by atoms with Crippen molar-refractivity contribution in [1.29, 1.82) is 0 Å². The van der Waals surface area contributed by atoms with Gasteiger partial charge in [0, 0.05) is 13.7 Å². The molecule has 0 amide bonds. The van der Waals surface area contributed by atoms with Crippen LogP contribution >= 0.6 is 0 Å². The van der Waals surface area contributed by atoms with Crippen LogP contribution in [-0.4, -0.2) is 36.6 Å². The Morgan fingerprint density at radius 3 is 2.50 bits per heavy atom. The van der Waals surface area contributed by atoms with Crippen LogP contribution in [0, 0.1) is 5.41 Å². The van der Waals surface area contributed by atoms with Crippen molar-refractivity contribution in [3.8, 4) is 0 Å². The lowest BCUT2D eigenvalue weighted by Gasteiger charge is -2.45. The molecule has 2 aliphatic rings. The molecule has 1 saturated heterocycles. The third kappa shape index (κ3) is 3.96. The molecule has 0 aromatic rings. The van der Waals surface area contributed by atoms with E-state index in [9.17, 15) is 5.11 Å². The molecule has 20 heavy (non-hydrogen) atoms. The molecule has 3 nitrogen and oxygen atoms in total. The molecule has 1 aliphatic carbocycles. The third-order valence-electron chi connectivity index (χ3n) is 5.49. The Balaban J connectivity index is 1.78. The van der Waals surface area contributed by atoms with E-state index in [0.29, 0.717) is 11.5 Å². The van der Waals surface area contributed by atoms with E-state index in [1.165, 1.54) is 12.8 Å². The molecule has 3 heteroatoms. The van der Waals surface area contributed by atoms with Crippen molar-refractivity contribution in [2.75, 3.05) is 13.7 Å². The van der Waals surface area contributed by atoms with Gasteiger partial charge in [-0.05, 0) is 63.2 Å². The van der Waals surface area contributed by atoms with Gasteiger partial charge in [-0.3, -0.25) is 0 Å². The second-order valence-electron chi connectivity index (χ2n) is 7.51. The number of aliphatic hydroxyl groups is 1. The van der Waals surface area contributed by atoms with Crippen LogP contribution in [0.1, 0.15) is 71.6 Å². The first-order chi connectivity index (χ1) is 9.47. The van der Waals surface area contributed by atoms with Gasteiger partial charge in [-0.25, -0.2) is 0 Å². The van der Waals surface area contributed by atoms with Crippen LogP contribution in [-0.2, 0) is 9.47 Å². The van der Waals surface area contributed by atoms with E-state index in [1.807, 2.05) is 0 Å². The summed E-state index contributed by atoms with van der Waals surface area (Å²) < 4.78 is 11.4. The molecule has 0 aromatic heterocycles. The van der Waals surface area contributed by atoms with Crippen LogP contribution < -0.4 is 0 Å². The number of hydrogen-bond donors (Lipinski definition) is 1. The van der Waals surface area contributed by atoms with E-state index in [0.717, 1.165) is 51.6 Å². The average molecular weight is 284 g/mol. The van der Waals surface area contributed by atoms with Gasteiger partial charge in [0.1, 0.15) is 0 Å². The Morgan fingerprint density at radius 1 is 1.25 bits per heavy atom. The summed E-state index contributed by atoms with van der Waals surface area (Å²) >= 11 is 0. The van der Waals surface area contributed by atoms with Gasteiger partial charge in [-0.15, -0.1) is 0 Å². The largest absolute Gasteiger partial charge is 0.390 e. The zero-order chi connectivity index (χ0) is 14.6.